The number of halogens is 1. The number of amides is 1. The molecule has 1 atom stereocenters. The summed E-state index contributed by atoms with van der Waals surface area (Å²) in [5, 5.41) is 0. The summed E-state index contributed by atoms with van der Waals surface area (Å²) >= 11 is 0. The average Bonchev–Trinajstić information content (AvgIpc) is 2.47. The molecule has 2 aromatic rings. The van der Waals surface area contributed by atoms with Gasteiger partial charge in [-0.15, -0.1) is 0 Å². The molecule has 0 saturated carbocycles. The summed E-state index contributed by atoms with van der Waals surface area (Å²) < 4.78 is 18.6. The Bertz CT molecular complexity index is 682. The Morgan fingerprint density at radius 3 is 2.62 bits per heavy atom. The summed E-state index contributed by atoms with van der Waals surface area (Å²) in [4.78, 5) is 14.1. The SMILES string of the molecule is Cc1ccc2c(c1)N(Cc1ccc(F)cc1)C(=O)[C@@H](C)O2. The smallest absolute Gasteiger partial charge is 0.268 e. The van der Waals surface area contributed by atoms with Gasteiger partial charge in [0.2, 0.25) is 0 Å². The summed E-state index contributed by atoms with van der Waals surface area (Å²) in [6.45, 7) is 4.12. The van der Waals surface area contributed by atoms with Gasteiger partial charge in [0, 0.05) is 0 Å². The van der Waals surface area contributed by atoms with Crippen LogP contribution in [-0.2, 0) is 11.3 Å². The molecule has 1 aliphatic rings. The molecule has 0 aromatic heterocycles. The summed E-state index contributed by atoms with van der Waals surface area (Å²) in [5.41, 5.74) is 2.71. The van der Waals surface area contributed by atoms with Gasteiger partial charge in [0.25, 0.3) is 5.91 Å². The van der Waals surface area contributed by atoms with Gasteiger partial charge in [0.05, 0.1) is 12.2 Å². The van der Waals surface area contributed by atoms with Crippen molar-refractivity contribution in [2.24, 2.45) is 0 Å². The maximum absolute atomic E-state index is 13.0. The van der Waals surface area contributed by atoms with Crippen molar-refractivity contribution >= 4 is 11.6 Å². The lowest BCUT2D eigenvalue weighted by molar-refractivity contribution is -0.125. The van der Waals surface area contributed by atoms with Crippen LogP contribution in [0.5, 0.6) is 5.75 Å². The molecule has 0 fully saturated rings. The second-order valence-electron chi connectivity index (χ2n) is 5.28. The van der Waals surface area contributed by atoms with Crippen LogP contribution in [0.15, 0.2) is 42.5 Å². The number of aryl methyl sites for hydroxylation is 1. The number of benzene rings is 2. The molecule has 0 radical (unpaired) electrons. The van der Waals surface area contributed by atoms with E-state index in [0.29, 0.717) is 12.3 Å². The second kappa shape index (κ2) is 5.20. The first-order valence-corrected chi connectivity index (χ1v) is 6.88. The fourth-order valence-electron chi connectivity index (χ4n) is 2.45. The number of ether oxygens (including phenoxy) is 1. The zero-order valence-electron chi connectivity index (χ0n) is 12.0. The third-order valence-corrected chi connectivity index (χ3v) is 3.58. The van der Waals surface area contributed by atoms with Crippen LogP contribution < -0.4 is 9.64 Å². The summed E-state index contributed by atoms with van der Waals surface area (Å²) in [7, 11) is 0. The molecule has 0 spiro atoms. The highest BCUT2D eigenvalue weighted by atomic mass is 19.1. The second-order valence-corrected chi connectivity index (χ2v) is 5.28. The number of hydrogen-bond acceptors (Lipinski definition) is 2. The standard InChI is InChI=1S/C17H16FNO2/c1-11-3-8-16-15(9-11)19(17(20)12(2)21-16)10-13-4-6-14(18)7-5-13/h3-9,12H,10H2,1-2H3/t12-/m1/s1. The first-order chi connectivity index (χ1) is 10.0. The maximum atomic E-state index is 13.0. The molecule has 2 aromatic carbocycles. The quantitative estimate of drug-likeness (QED) is 0.846. The number of fused-ring (bicyclic) bond motifs is 1. The first kappa shape index (κ1) is 13.6. The number of nitrogens with zero attached hydrogens (tertiary/aromatic N) is 1. The number of rotatable bonds is 2. The molecule has 0 bridgehead atoms. The monoisotopic (exact) mass is 285 g/mol. The van der Waals surface area contributed by atoms with E-state index in [4.69, 9.17) is 4.74 Å². The lowest BCUT2D eigenvalue weighted by atomic mass is 10.1. The van der Waals surface area contributed by atoms with Crippen molar-refractivity contribution in [3.05, 3.63) is 59.4 Å². The van der Waals surface area contributed by atoms with Crippen molar-refractivity contribution in [3.8, 4) is 5.75 Å². The number of anilines is 1. The predicted octanol–water partition coefficient (Wildman–Crippen LogP) is 3.45. The van der Waals surface area contributed by atoms with E-state index >= 15 is 0 Å². The van der Waals surface area contributed by atoms with Crippen molar-refractivity contribution in [1.82, 2.24) is 0 Å². The summed E-state index contributed by atoms with van der Waals surface area (Å²) in [5.74, 6) is 0.337. The third kappa shape index (κ3) is 2.61. The van der Waals surface area contributed by atoms with Crippen LogP contribution in [0.3, 0.4) is 0 Å². The Morgan fingerprint density at radius 2 is 1.90 bits per heavy atom. The molecule has 0 unspecified atom stereocenters. The van der Waals surface area contributed by atoms with Crippen LogP contribution in [0.2, 0.25) is 0 Å². The predicted molar refractivity (Wildman–Crippen MR) is 78.9 cm³/mol. The largest absolute Gasteiger partial charge is 0.479 e. The van der Waals surface area contributed by atoms with Crippen LogP contribution in [0.25, 0.3) is 0 Å². The van der Waals surface area contributed by atoms with Crippen LogP contribution in [0.4, 0.5) is 10.1 Å². The molecule has 3 rings (SSSR count). The molecular formula is C17H16FNO2. The van der Waals surface area contributed by atoms with Crippen molar-refractivity contribution in [1.29, 1.82) is 0 Å². The van der Waals surface area contributed by atoms with E-state index in [-0.39, 0.29) is 11.7 Å². The van der Waals surface area contributed by atoms with Gasteiger partial charge in [-0.05, 0) is 49.2 Å². The van der Waals surface area contributed by atoms with Crippen LogP contribution in [-0.4, -0.2) is 12.0 Å². The normalized spacial score (nSPS) is 17.4. The fourth-order valence-corrected chi connectivity index (χ4v) is 2.45. The molecule has 1 heterocycles. The lowest BCUT2D eigenvalue weighted by Gasteiger charge is -2.33. The topological polar surface area (TPSA) is 29.5 Å². The van der Waals surface area contributed by atoms with Gasteiger partial charge in [-0.1, -0.05) is 18.2 Å². The minimum Gasteiger partial charge on any atom is -0.479 e. The highest BCUT2D eigenvalue weighted by Gasteiger charge is 2.31. The van der Waals surface area contributed by atoms with Crippen LogP contribution in [0.1, 0.15) is 18.1 Å². The van der Waals surface area contributed by atoms with Crippen molar-refractivity contribution < 1.29 is 13.9 Å². The van der Waals surface area contributed by atoms with Gasteiger partial charge in [-0.2, -0.15) is 0 Å². The van der Waals surface area contributed by atoms with E-state index in [1.54, 1.807) is 24.0 Å². The van der Waals surface area contributed by atoms with Crippen molar-refractivity contribution in [2.45, 2.75) is 26.5 Å². The van der Waals surface area contributed by atoms with Gasteiger partial charge in [0.15, 0.2) is 6.10 Å². The molecule has 0 aliphatic carbocycles. The molecule has 3 nitrogen and oxygen atoms in total. The Balaban J connectivity index is 1.98. The first-order valence-electron chi connectivity index (χ1n) is 6.88. The van der Waals surface area contributed by atoms with E-state index in [9.17, 15) is 9.18 Å². The van der Waals surface area contributed by atoms with Gasteiger partial charge in [-0.25, -0.2) is 4.39 Å². The Kier molecular flexibility index (Phi) is 3.37. The maximum Gasteiger partial charge on any atom is 0.268 e. The molecule has 21 heavy (non-hydrogen) atoms. The van der Waals surface area contributed by atoms with E-state index in [1.165, 1.54) is 12.1 Å². The lowest BCUT2D eigenvalue weighted by Crippen LogP contribution is -2.44. The average molecular weight is 285 g/mol. The van der Waals surface area contributed by atoms with Crippen LogP contribution in [0, 0.1) is 12.7 Å². The molecule has 0 N–H and O–H groups in total. The van der Waals surface area contributed by atoms with Gasteiger partial charge < -0.3 is 9.64 Å². The van der Waals surface area contributed by atoms with Crippen molar-refractivity contribution in [3.63, 3.8) is 0 Å². The van der Waals surface area contributed by atoms with E-state index in [1.807, 2.05) is 25.1 Å². The molecular weight excluding hydrogens is 269 g/mol. The molecule has 1 aliphatic heterocycles. The molecule has 4 heteroatoms. The minimum atomic E-state index is -0.513. The van der Waals surface area contributed by atoms with Gasteiger partial charge >= 0.3 is 0 Å². The number of hydrogen-bond donors (Lipinski definition) is 0. The van der Waals surface area contributed by atoms with E-state index in [0.717, 1.165) is 16.8 Å². The van der Waals surface area contributed by atoms with Crippen molar-refractivity contribution in [2.75, 3.05) is 4.90 Å². The Labute approximate surface area is 123 Å². The van der Waals surface area contributed by atoms with E-state index in [2.05, 4.69) is 0 Å². The Hall–Kier alpha value is -2.36. The minimum absolute atomic E-state index is 0.0857. The zero-order chi connectivity index (χ0) is 15.0. The zero-order valence-corrected chi connectivity index (χ0v) is 12.0. The molecule has 0 saturated heterocycles. The summed E-state index contributed by atoms with van der Waals surface area (Å²) in [6.07, 6.45) is -0.513. The number of carbonyl (C=O) groups is 1. The Morgan fingerprint density at radius 1 is 1.19 bits per heavy atom. The summed E-state index contributed by atoms with van der Waals surface area (Å²) in [6, 6.07) is 12.0. The van der Waals surface area contributed by atoms with Gasteiger partial charge in [-0.3, -0.25) is 4.79 Å². The fraction of sp³-hybridized carbons (Fsp3) is 0.235. The molecule has 108 valence electrons. The number of carbonyl (C=O) groups excluding carboxylic acids is 1. The van der Waals surface area contributed by atoms with Crippen LogP contribution >= 0.6 is 0 Å². The third-order valence-electron chi connectivity index (χ3n) is 3.58. The van der Waals surface area contributed by atoms with Gasteiger partial charge in [0.1, 0.15) is 11.6 Å². The molecule has 1 amide bonds. The highest BCUT2D eigenvalue weighted by Crippen LogP contribution is 2.35. The highest BCUT2D eigenvalue weighted by molar-refractivity contribution is 5.99. The van der Waals surface area contributed by atoms with E-state index < -0.39 is 6.10 Å².